The first-order valence-corrected chi connectivity index (χ1v) is 7.43. The molecule has 2 aromatic carbocycles. The van der Waals surface area contributed by atoms with Crippen LogP contribution in [0.4, 0.5) is 11.4 Å². The first-order chi connectivity index (χ1) is 11.5. The van der Waals surface area contributed by atoms with Crippen molar-refractivity contribution in [3.8, 4) is 12.3 Å². The van der Waals surface area contributed by atoms with Crippen LogP contribution in [0.15, 0.2) is 48.5 Å². The number of aliphatic hydroxyl groups is 1. The van der Waals surface area contributed by atoms with Crippen LogP contribution < -0.4 is 10.6 Å². The molecular weight excluding hydrogens is 304 g/mol. The molecule has 1 amide bonds. The maximum absolute atomic E-state index is 12.7. The molecule has 5 heteroatoms. The maximum atomic E-state index is 12.7. The van der Waals surface area contributed by atoms with Gasteiger partial charge in [0.25, 0.3) is 5.91 Å². The van der Waals surface area contributed by atoms with Crippen molar-refractivity contribution in [3.05, 3.63) is 59.7 Å². The molecule has 0 fully saturated rings. The molecule has 2 aromatic rings. The summed E-state index contributed by atoms with van der Waals surface area (Å²) in [6.07, 6.45) is 4.95. The summed E-state index contributed by atoms with van der Waals surface area (Å²) in [7, 11) is 0. The minimum atomic E-state index is -1.92. The van der Waals surface area contributed by atoms with Crippen molar-refractivity contribution < 1.29 is 14.7 Å². The molecule has 1 aliphatic heterocycles. The number of nitrogen functional groups attached to an aromatic ring is 1. The van der Waals surface area contributed by atoms with Crippen molar-refractivity contribution in [1.82, 2.24) is 0 Å². The van der Waals surface area contributed by atoms with E-state index in [1.807, 2.05) is 0 Å². The molecule has 120 valence electrons. The zero-order valence-corrected chi connectivity index (χ0v) is 12.9. The fraction of sp³-hybridized carbons (Fsp3) is 0.158. The fourth-order valence-electron chi connectivity index (χ4n) is 2.97. The Kier molecular flexibility index (Phi) is 3.84. The molecule has 0 spiro atoms. The van der Waals surface area contributed by atoms with Gasteiger partial charge in [0, 0.05) is 16.8 Å². The van der Waals surface area contributed by atoms with Crippen LogP contribution in [0.5, 0.6) is 0 Å². The number of terminal acetylenes is 1. The first kappa shape index (κ1) is 15.8. The minimum absolute atomic E-state index is 0.0324. The standard InChI is InChI=1S/C19H16N2O3/c1-2-10-21-16-9-4-3-8-15(16)19(24,18(21)23)12-17(22)13-6-5-7-14(20)11-13/h1,3-9,11,24H,10,12,20H2. The lowest BCUT2D eigenvalue weighted by molar-refractivity contribution is -0.135. The van der Waals surface area contributed by atoms with Gasteiger partial charge in [0.15, 0.2) is 11.4 Å². The molecule has 1 atom stereocenters. The highest BCUT2D eigenvalue weighted by Gasteiger charge is 2.50. The van der Waals surface area contributed by atoms with E-state index >= 15 is 0 Å². The molecule has 3 rings (SSSR count). The number of nitrogens with zero attached hydrogens (tertiary/aromatic N) is 1. The Balaban J connectivity index is 1.99. The van der Waals surface area contributed by atoms with Crippen LogP contribution in [0.25, 0.3) is 0 Å². The third-order valence-electron chi connectivity index (χ3n) is 4.11. The van der Waals surface area contributed by atoms with Gasteiger partial charge in [0.1, 0.15) is 0 Å². The van der Waals surface area contributed by atoms with Crippen molar-refractivity contribution in [1.29, 1.82) is 0 Å². The molecule has 3 N–H and O–H groups in total. The summed E-state index contributed by atoms with van der Waals surface area (Å²) in [5.41, 5.74) is 5.49. The Hall–Kier alpha value is -3.10. The number of benzene rings is 2. The number of amides is 1. The normalized spacial score (nSPS) is 19.0. The van der Waals surface area contributed by atoms with Crippen molar-refractivity contribution in [2.75, 3.05) is 17.2 Å². The quantitative estimate of drug-likeness (QED) is 0.510. The number of carbonyl (C=O) groups excluding carboxylic acids is 2. The molecule has 1 aliphatic rings. The van der Waals surface area contributed by atoms with Crippen LogP contribution in [0.2, 0.25) is 0 Å². The van der Waals surface area contributed by atoms with Gasteiger partial charge in [-0.25, -0.2) is 0 Å². The summed E-state index contributed by atoms with van der Waals surface area (Å²) in [4.78, 5) is 26.6. The van der Waals surface area contributed by atoms with Gasteiger partial charge in [-0.1, -0.05) is 36.3 Å². The van der Waals surface area contributed by atoms with Gasteiger partial charge in [-0.2, -0.15) is 0 Å². The molecule has 24 heavy (non-hydrogen) atoms. The molecule has 0 radical (unpaired) electrons. The molecule has 0 bridgehead atoms. The van der Waals surface area contributed by atoms with E-state index in [0.29, 0.717) is 22.5 Å². The fourth-order valence-corrected chi connectivity index (χ4v) is 2.97. The number of hydrogen-bond acceptors (Lipinski definition) is 4. The maximum Gasteiger partial charge on any atom is 0.265 e. The van der Waals surface area contributed by atoms with E-state index in [0.717, 1.165) is 0 Å². The number of hydrogen-bond donors (Lipinski definition) is 2. The van der Waals surface area contributed by atoms with Gasteiger partial charge in [-0.3, -0.25) is 14.5 Å². The van der Waals surface area contributed by atoms with Crippen LogP contribution in [0.1, 0.15) is 22.3 Å². The summed E-state index contributed by atoms with van der Waals surface area (Å²) >= 11 is 0. The number of para-hydroxylation sites is 1. The van der Waals surface area contributed by atoms with Crippen LogP contribution in [-0.4, -0.2) is 23.3 Å². The second-order valence-corrected chi connectivity index (χ2v) is 5.70. The molecule has 0 saturated carbocycles. The number of fused-ring (bicyclic) bond motifs is 1. The Morgan fingerprint density at radius 1 is 1.25 bits per heavy atom. The van der Waals surface area contributed by atoms with Crippen molar-refractivity contribution in [2.24, 2.45) is 0 Å². The van der Waals surface area contributed by atoms with E-state index in [2.05, 4.69) is 5.92 Å². The van der Waals surface area contributed by atoms with Gasteiger partial charge in [-0.15, -0.1) is 6.42 Å². The van der Waals surface area contributed by atoms with E-state index in [-0.39, 0.29) is 18.7 Å². The first-order valence-electron chi connectivity index (χ1n) is 7.43. The second-order valence-electron chi connectivity index (χ2n) is 5.70. The lowest BCUT2D eigenvalue weighted by atomic mass is 9.88. The highest BCUT2D eigenvalue weighted by Crippen LogP contribution is 2.42. The monoisotopic (exact) mass is 320 g/mol. The smallest absolute Gasteiger partial charge is 0.265 e. The molecule has 1 heterocycles. The molecule has 0 saturated heterocycles. The molecule has 0 aromatic heterocycles. The topological polar surface area (TPSA) is 83.6 Å². The van der Waals surface area contributed by atoms with Crippen LogP contribution >= 0.6 is 0 Å². The predicted molar refractivity (Wildman–Crippen MR) is 91.3 cm³/mol. The summed E-state index contributed by atoms with van der Waals surface area (Å²) in [5, 5.41) is 11.0. The molecule has 0 aliphatic carbocycles. The average Bonchev–Trinajstić information content (AvgIpc) is 2.78. The van der Waals surface area contributed by atoms with E-state index in [9.17, 15) is 14.7 Å². The lowest BCUT2D eigenvalue weighted by Gasteiger charge is -2.21. The Labute approximate surface area is 139 Å². The molecule has 1 unspecified atom stereocenters. The van der Waals surface area contributed by atoms with Gasteiger partial charge >= 0.3 is 0 Å². The third-order valence-corrected chi connectivity index (χ3v) is 4.11. The summed E-state index contributed by atoms with van der Waals surface area (Å²) < 4.78 is 0. The zero-order valence-electron chi connectivity index (χ0n) is 12.9. The van der Waals surface area contributed by atoms with E-state index < -0.39 is 11.5 Å². The largest absolute Gasteiger partial charge is 0.399 e. The highest BCUT2D eigenvalue weighted by molar-refractivity contribution is 6.11. The lowest BCUT2D eigenvalue weighted by Crippen LogP contribution is -2.42. The summed E-state index contributed by atoms with van der Waals surface area (Å²) in [5.74, 6) is 1.45. The van der Waals surface area contributed by atoms with E-state index in [1.54, 1.807) is 42.5 Å². The molecular formula is C19H16N2O3. The number of anilines is 2. The number of nitrogens with two attached hydrogens (primary N) is 1. The predicted octanol–water partition coefficient (Wildman–Crippen LogP) is 1.71. The number of ketones is 1. The van der Waals surface area contributed by atoms with Crippen molar-refractivity contribution >= 4 is 23.1 Å². The van der Waals surface area contributed by atoms with Crippen LogP contribution in [-0.2, 0) is 10.4 Å². The van der Waals surface area contributed by atoms with Gasteiger partial charge < -0.3 is 10.8 Å². The van der Waals surface area contributed by atoms with Crippen LogP contribution in [0.3, 0.4) is 0 Å². The van der Waals surface area contributed by atoms with Gasteiger partial charge in [0.2, 0.25) is 0 Å². The Morgan fingerprint density at radius 3 is 2.71 bits per heavy atom. The number of rotatable bonds is 4. The average molecular weight is 320 g/mol. The number of carbonyl (C=O) groups is 2. The third kappa shape index (κ3) is 2.43. The Bertz CT molecular complexity index is 869. The minimum Gasteiger partial charge on any atom is -0.399 e. The zero-order chi connectivity index (χ0) is 17.3. The second kappa shape index (κ2) is 5.84. The van der Waals surface area contributed by atoms with Crippen molar-refractivity contribution in [2.45, 2.75) is 12.0 Å². The molecule has 5 nitrogen and oxygen atoms in total. The van der Waals surface area contributed by atoms with Gasteiger partial charge in [-0.05, 0) is 18.2 Å². The number of Topliss-reactive ketones (excluding diaryl/α,β-unsaturated/α-hetero) is 1. The highest BCUT2D eigenvalue weighted by atomic mass is 16.3. The van der Waals surface area contributed by atoms with Crippen LogP contribution in [0, 0.1) is 12.3 Å². The SMILES string of the molecule is C#CCN1C(=O)C(O)(CC(=O)c2cccc(N)c2)c2ccccc21. The Morgan fingerprint density at radius 2 is 2.00 bits per heavy atom. The van der Waals surface area contributed by atoms with E-state index in [4.69, 9.17) is 12.2 Å². The summed E-state index contributed by atoms with van der Waals surface area (Å²) in [6.45, 7) is 0.0324. The van der Waals surface area contributed by atoms with E-state index in [1.165, 1.54) is 11.0 Å². The summed E-state index contributed by atoms with van der Waals surface area (Å²) in [6, 6.07) is 13.2. The van der Waals surface area contributed by atoms with Crippen molar-refractivity contribution in [3.63, 3.8) is 0 Å². The van der Waals surface area contributed by atoms with Gasteiger partial charge in [0.05, 0.1) is 18.7 Å².